The summed E-state index contributed by atoms with van der Waals surface area (Å²) in [5, 5.41) is 10.3. The second-order valence-corrected chi connectivity index (χ2v) is 8.09. The molecule has 166 valence electrons. The van der Waals surface area contributed by atoms with Crippen molar-refractivity contribution in [2.75, 3.05) is 13.2 Å². The van der Waals surface area contributed by atoms with Crippen molar-refractivity contribution in [3.63, 3.8) is 0 Å². The smallest absolute Gasteiger partial charge is 0.329 e. The van der Waals surface area contributed by atoms with E-state index >= 15 is 0 Å². The number of carbonyl (C=O) groups excluding carboxylic acids is 1. The van der Waals surface area contributed by atoms with E-state index in [-0.39, 0.29) is 30.9 Å². The molecule has 0 amide bonds. The van der Waals surface area contributed by atoms with Crippen LogP contribution in [0.3, 0.4) is 0 Å². The first-order valence-corrected chi connectivity index (χ1v) is 10.6. The molecule has 2 heterocycles. The number of aromatic nitrogens is 4. The van der Waals surface area contributed by atoms with Crippen molar-refractivity contribution < 1.29 is 19.4 Å². The molecule has 0 aliphatic heterocycles. The number of thioether (sulfide) groups is 1. The minimum Gasteiger partial charge on any atom is -0.491 e. The molecular weight excluding hydrogens is 424 g/mol. The summed E-state index contributed by atoms with van der Waals surface area (Å²) in [5.41, 5.74) is -0.953. The van der Waals surface area contributed by atoms with Crippen molar-refractivity contribution in [2.24, 2.45) is 7.05 Å². The van der Waals surface area contributed by atoms with Crippen LogP contribution < -0.4 is 16.0 Å². The SMILES string of the molecule is CCOC(=O)C(C)Sc1nc2c(c(=O)[nH]c(=O)n2C)n1CC(O)COc1ccccc1. The van der Waals surface area contributed by atoms with Crippen LogP contribution in [0.2, 0.25) is 0 Å². The molecule has 2 atom stereocenters. The van der Waals surface area contributed by atoms with Crippen molar-refractivity contribution in [2.45, 2.75) is 36.9 Å². The molecule has 3 aromatic rings. The molecule has 2 N–H and O–H groups in total. The first-order chi connectivity index (χ1) is 14.8. The number of aryl methyl sites for hydroxylation is 1. The highest BCUT2D eigenvalue weighted by Crippen LogP contribution is 2.26. The maximum Gasteiger partial charge on any atom is 0.329 e. The number of hydrogen-bond donors (Lipinski definition) is 2. The standard InChI is InChI=1S/C20H24N4O6S/c1-4-29-18(27)12(2)31-20-21-16-15(17(26)22-19(28)23(16)3)24(20)10-13(25)11-30-14-8-6-5-7-9-14/h5-9,12-13,25H,4,10-11H2,1-3H3,(H,22,26,28). The molecule has 1 aromatic carbocycles. The van der Waals surface area contributed by atoms with E-state index in [0.717, 1.165) is 11.8 Å². The lowest BCUT2D eigenvalue weighted by molar-refractivity contribution is -0.142. The lowest BCUT2D eigenvalue weighted by atomic mass is 10.3. The fraction of sp³-hybridized carbons (Fsp3) is 0.400. The summed E-state index contributed by atoms with van der Waals surface area (Å²) in [4.78, 5) is 43.2. The van der Waals surface area contributed by atoms with E-state index in [1.807, 2.05) is 18.2 Å². The number of imidazole rings is 1. The van der Waals surface area contributed by atoms with E-state index in [1.54, 1.807) is 26.0 Å². The summed E-state index contributed by atoms with van der Waals surface area (Å²) >= 11 is 1.08. The number of aromatic amines is 1. The van der Waals surface area contributed by atoms with Gasteiger partial charge in [0.05, 0.1) is 13.2 Å². The third-order valence-corrected chi connectivity index (χ3v) is 5.52. The van der Waals surface area contributed by atoms with E-state index in [1.165, 1.54) is 16.2 Å². The van der Waals surface area contributed by atoms with Gasteiger partial charge in [0.15, 0.2) is 16.3 Å². The highest BCUT2D eigenvalue weighted by Gasteiger charge is 2.24. The van der Waals surface area contributed by atoms with Crippen molar-refractivity contribution >= 4 is 28.9 Å². The quantitative estimate of drug-likeness (QED) is 0.365. The van der Waals surface area contributed by atoms with Crippen LogP contribution in [0.4, 0.5) is 0 Å². The molecule has 0 aliphatic carbocycles. The average molecular weight is 449 g/mol. The van der Waals surface area contributed by atoms with Gasteiger partial charge in [0.1, 0.15) is 23.7 Å². The van der Waals surface area contributed by atoms with Gasteiger partial charge in [-0.25, -0.2) is 9.78 Å². The number of nitrogens with one attached hydrogen (secondary N) is 1. The number of benzene rings is 1. The van der Waals surface area contributed by atoms with Crippen LogP contribution in [-0.2, 0) is 23.1 Å². The van der Waals surface area contributed by atoms with Gasteiger partial charge in [0.2, 0.25) is 0 Å². The fourth-order valence-electron chi connectivity index (χ4n) is 2.91. The van der Waals surface area contributed by atoms with E-state index in [0.29, 0.717) is 10.9 Å². The van der Waals surface area contributed by atoms with Gasteiger partial charge in [-0.1, -0.05) is 30.0 Å². The van der Waals surface area contributed by atoms with Crippen LogP contribution in [0.15, 0.2) is 45.1 Å². The third-order valence-electron chi connectivity index (χ3n) is 4.45. The Morgan fingerprint density at radius 2 is 2.00 bits per heavy atom. The van der Waals surface area contributed by atoms with Crippen molar-refractivity contribution in [1.82, 2.24) is 19.1 Å². The lowest BCUT2D eigenvalue weighted by Crippen LogP contribution is -2.30. The van der Waals surface area contributed by atoms with Crippen molar-refractivity contribution in [3.8, 4) is 5.75 Å². The summed E-state index contributed by atoms with van der Waals surface area (Å²) in [5.74, 6) is 0.171. The first-order valence-electron chi connectivity index (χ1n) is 9.70. The highest BCUT2D eigenvalue weighted by atomic mass is 32.2. The summed E-state index contributed by atoms with van der Waals surface area (Å²) in [6, 6.07) is 9.02. The molecule has 0 saturated heterocycles. The molecule has 10 nitrogen and oxygen atoms in total. The van der Waals surface area contributed by atoms with E-state index in [4.69, 9.17) is 9.47 Å². The number of ether oxygens (including phenoxy) is 2. The van der Waals surface area contributed by atoms with Gasteiger partial charge in [-0.05, 0) is 26.0 Å². The van der Waals surface area contributed by atoms with Crippen LogP contribution >= 0.6 is 11.8 Å². The van der Waals surface area contributed by atoms with E-state index in [2.05, 4.69) is 9.97 Å². The van der Waals surface area contributed by atoms with Gasteiger partial charge in [-0.3, -0.25) is 19.1 Å². The minimum absolute atomic E-state index is 0.0229. The Morgan fingerprint density at radius 3 is 2.68 bits per heavy atom. The maximum atomic E-state index is 12.5. The summed E-state index contributed by atoms with van der Waals surface area (Å²) in [7, 11) is 1.48. The van der Waals surface area contributed by atoms with Crippen molar-refractivity contribution in [1.29, 1.82) is 0 Å². The molecule has 2 aromatic heterocycles. The second-order valence-electron chi connectivity index (χ2n) is 6.79. The number of esters is 1. The summed E-state index contributed by atoms with van der Waals surface area (Å²) < 4.78 is 13.3. The number of rotatable bonds is 9. The number of fused-ring (bicyclic) bond motifs is 1. The number of aliphatic hydroxyl groups is 1. The Kier molecular flexibility index (Phi) is 7.18. The zero-order valence-electron chi connectivity index (χ0n) is 17.4. The first kappa shape index (κ1) is 22.6. The molecular formula is C20H24N4O6S. The fourth-order valence-corrected chi connectivity index (χ4v) is 3.83. The van der Waals surface area contributed by atoms with Crippen molar-refractivity contribution in [3.05, 3.63) is 51.2 Å². The van der Waals surface area contributed by atoms with Gasteiger partial charge in [-0.2, -0.15) is 0 Å². The third kappa shape index (κ3) is 5.17. The second kappa shape index (κ2) is 9.84. The van der Waals surface area contributed by atoms with Crippen LogP contribution in [0.1, 0.15) is 13.8 Å². The monoisotopic (exact) mass is 448 g/mol. The molecule has 0 bridgehead atoms. The predicted octanol–water partition coefficient (Wildman–Crippen LogP) is 0.907. The largest absolute Gasteiger partial charge is 0.491 e. The number of hydrogen-bond acceptors (Lipinski definition) is 8. The molecule has 0 radical (unpaired) electrons. The van der Waals surface area contributed by atoms with Crippen LogP contribution in [0, 0.1) is 0 Å². The normalized spacial score (nSPS) is 13.2. The predicted molar refractivity (Wildman–Crippen MR) is 115 cm³/mol. The van der Waals surface area contributed by atoms with Gasteiger partial charge in [0, 0.05) is 7.05 Å². The molecule has 11 heteroatoms. The van der Waals surface area contributed by atoms with Gasteiger partial charge < -0.3 is 19.1 Å². The molecule has 0 fully saturated rings. The number of para-hydroxylation sites is 1. The average Bonchev–Trinajstić information content (AvgIpc) is 3.10. The topological polar surface area (TPSA) is 128 Å². The Morgan fingerprint density at radius 1 is 1.29 bits per heavy atom. The van der Waals surface area contributed by atoms with Gasteiger partial charge in [0.25, 0.3) is 5.56 Å². The Balaban J connectivity index is 1.93. The van der Waals surface area contributed by atoms with Crippen LogP contribution in [0.5, 0.6) is 5.75 Å². The molecule has 0 aliphatic rings. The van der Waals surface area contributed by atoms with Crippen LogP contribution in [-0.4, -0.2) is 54.7 Å². The zero-order chi connectivity index (χ0) is 22.5. The highest BCUT2D eigenvalue weighted by molar-refractivity contribution is 8.00. The van der Waals surface area contributed by atoms with Crippen LogP contribution in [0.25, 0.3) is 11.2 Å². The number of carbonyl (C=O) groups is 1. The van der Waals surface area contributed by atoms with E-state index < -0.39 is 28.6 Å². The molecule has 31 heavy (non-hydrogen) atoms. The maximum absolute atomic E-state index is 12.5. The summed E-state index contributed by atoms with van der Waals surface area (Å²) in [6.45, 7) is 3.56. The molecule has 0 spiro atoms. The summed E-state index contributed by atoms with van der Waals surface area (Å²) in [6.07, 6.45) is -0.980. The molecule has 3 rings (SSSR count). The number of aliphatic hydroxyl groups excluding tert-OH is 1. The lowest BCUT2D eigenvalue weighted by Gasteiger charge is -2.16. The minimum atomic E-state index is -0.980. The number of nitrogens with zero attached hydrogens (tertiary/aromatic N) is 3. The molecule has 0 saturated carbocycles. The zero-order valence-corrected chi connectivity index (χ0v) is 18.2. The van der Waals surface area contributed by atoms with Gasteiger partial charge in [-0.15, -0.1) is 0 Å². The van der Waals surface area contributed by atoms with E-state index in [9.17, 15) is 19.5 Å². The molecule has 2 unspecified atom stereocenters. The number of H-pyrrole nitrogens is 1. The Labute approximate surface area is 181 Å². The Bertz CT molecular complexity index is 1170. The Hall–Kier alpha value is -3.05. The van der Waals surface area contributed by atoms with Gasteiger partial charge >= 0.3 is 11.7 Å².